The van der Waals surface area contributed by atoms with Crippen molar-refractivity contribution >= 4 is 17.8 Å². The molecular weight excluding hydrogens is 332 g/mol. The van der Waals surface area contributed by atoms with Gasteiger partial charge in [0.05, 0.1) is 6.54 Å². The second kappa shape index (κ2) is 9.36. The van der Waals surface area contributed by atoms with Crippen LogP contribution in [-0.2, 0) is 14.4 Å². The summed E-state index contributed by atoms with van der Waals surface area (Å²) in [5, 5.41) is 14.5. The van der Waals surface area contributed by atoms with Crippen LogP contribution >= 0.6 is 0 Å². The van der Waals surface area contributed by atoms with E-state index in [1.54, 1.807) is 12.1 Å². The molecule has 2 rings (SSSR count). The van der Waals surface area contributed by atoms with E-state index >= 15 is 0 Å². The molecule has 142 valence electrons. The molecule has 1 aliphatic carbocycles. The molecule has 0 bridgehead atoms. The second-order valence-electron chi connectivity index (χ2n) is 7.15. The number of benzene rings is 1. The van der Waals surface area contributed by atoms with E-state index in [1.807, 2.05) is 19.9 Å². The predicted molar refractivity (Wildman–Crippen MR) is 98.6 cm³/mol. The van der Waals surface area contributed by atoms with Crippen LogP contribution in [0.4, 0.5) is 0 Å². The number of carboxylic acids is 1. The molecule has 1 aromatic carbocycles. The van der Waals surface area contributed by atoms with Crippen LogP contribution in [0.5, 0.6) is 0 Å². The number of hydrogen-bond donors (Lipinski definition) is 3. The highest BCUT2D eigenvalue weighted by Gasteiger charge is 2.23. The summed E-state index contributed by atoms with van der Waals surface area (Å²) in [5.74, 6) is -1.18. The van der Waals surface area contributed by atoms with Crippen LogP contribution in [0.3, 0.4) is 0 Å². The minimum Gasteiger partial charge on any atom is -0.479 e. The van der Waals surface area contributed by atoms with Crippen molar-refractivity contribution in [2.45, 2.75) is 58.4 Å². The molecule has 1 aliphatic rings. The lowest BCUT2D eigenvalue weighted by atomic mass is 10.0. The zero-order chi connectivity index (χ0) is 19.1. The summed E-state index contributed by atoms with van der Waals surface area (Å²) in [5.41, 5.74) is 2.53. The zero-order valence-electron chi connectivity index (χ0n) is 15.5. The van der Waals surface area contributed by atoms with Gasteiger partial charge in [0, 0.05) is 6.42 Å². The first-order valence-corrected chi connectivity index (χ1v) is 9.23. The number of aliphatic carboxylic acids is 1. The summed E-state index contributed by atoms with van der Waals surface area (Å²) in [4.78, 5) is 35.4. The molecule has 0 saturated heterocycles. The molecule has 1 atom stereocenters. The Bertz CT molecular complexity index is 666. The summed E-state index contributed by atoms with van der Waals surface area (Å²) in [6.07, 6.45) is 6.12. The maximum absolute atomic E-state index is 12.1. The number of carbonyl (C=O) groups is 3. The van der Waals surface area contributed by atoms with Gasteiger partial charge in [-0.05, 0) is 42.9 Å². The fourth-order valence-electron chi connectivity index (χ4n) is 3.35. The van der Waals surface area contributed by atoms with E-state index in [0.717, 1.165) is 17.5 Å². The van der Waals surface area contributed by atoms with Gasteiger partial charge in [-0.2, -0.15) is 0 Å². The van der Waals surface area contributed by atoms with E-state index in [4.69, 9.17) is 0 Å². The van der Waals surface area contributed by atoms with Crippen molar-refractivity contribution in [3.63, 3.8) is 0 Å². The Morgan fingerprint density at radius 2 is 1.81 bits per heavy atom. The lowest BCUT2D eigenvalue weighted by Crippen LogP contribution is -2.41. The van der Waals surface area contributed by atoms with Gasteiger partial charge < -0.3 is 15.7 Å². The standard InChI is InChI=1S/C20H28N2O4/c1-13-7-9-16(11-14(13)2)19(20(25)26)22-18(24)12-21-17(23)10-8-15-5-3-4-6-15/h7,9,11,15,19H,3-6,8,10,12H2,1-2H3,(H,21,23)(H,22,24)(H,25,26). The highest BCUT2D eigenvalue weighted by molar-refractivity contribution is 5.88. The Morgan fingerprint density at radius 1 is 1.12 bits per heavy atom. The summed E-state index contributed by atoms with van der Waals surface area (Å²) in [6.45, 7) is 3.62. The minimum absolute atomic E-state index is 0.162. The number of carbonyl (C=O) groups excluding carboxylic acids is 2. The molecule has 1 aromatic rings. The summed E-state index contributed by atoms with van der Waals surface area (Å²) >= 11 is 0. The molecule has 0 radical (unpaired) electrons. The van der Waals surface area contributed by atoms with Gasteiger partial charge in [-0.15, -0.1) is 0 Å². The molecule has 2 amide bonds. The number of nitrogens with one attached hydrogen (secondary N) is 2. The van der Waals surface area contributed by atoms with E-state index in [1.165, 1.54) is 25.7 Å². The molecule has 1 fully saturated rings. The second-order valence-corrected chi connectivity index (χ2v) is 7.15. The quantitative estimate of drug-likeness (QED) is 0.664. The maximum atomic E-state index is 12.1. The van der Waals surface area contributed by atoms with E-state index in [-0.39, 0.29) is 12.5 Å². The predicted octanol–water partition coefficient (Wildman–Crippen LogP) is 2.63. The number of carboxylic acid groups (broad SMARTS) is 1. The van der Waals surface area contributed by atoms with Crippen LogP contribution in [0, 0.1) is 19.8 Å². The Kier molecular flexibility index (Phi) is 7.18. The van der Waals surface area contributed by atoms with E-state index in [9.17, 15) is 19.5 Å². The minimum atomic E-state index is -1.13. The largest absolute Gasteiger partial charge is 0.479 e. The van der Waals surface area contributed by atoms with Crippen LogP contribution in [0.15, 0.2) is 18.2 Å². The molecule has 26 heavy (non-hydrogen) atoms. The third-order valence-corrected chi connectivity index (χ3v) is 5.12. The van der Waals surface area contributed by atoms with Gasteiger partial charge in [-0.3, -0.25) is 9.59 Å². The average molecular weight is 360 g/mol. The molecule has 0 spiro atoms. The van der Waals surface area contributed by atoms with Crippen molar-refractivity contribution in [3.8, 4) is 0 Å². The molecule has 0 heterocycles. The molecule has 1 saturated carbocycles. The van der Waals surface area contributed by atoms with Crippen LogP contribution < -0.4 is 10.6 Å². The van der Waals surface area contributed by atoms with Crippen LogP contribution in [0.2, 0.25) is 0 Å². The van der Waals surface area contributed by atoms with E-state index in [2.05, 4.69) is 10.6 Å². The van der Waals surface area contributed by atoms with E-state index < -0.39 is 17.9 Å². The lowest BCUT2D eigenvalue weighted by Gasteiger charge is -2.16. The maximum Gasteiger partial charge on any atom is 0.330 e. The van der Waals surface area contributed by atoms with Gasteiger partial charge in [0.25, 0.3) is 0 Å². The van der Waals surface area contributed by atoms with Crippen LogP contribution in [0.1, 0.15) is 61.3 Å². The average Bonchev–Trinajstić information content (AvgIpc) is 3.12. The molecule has 6 heteroatoms. The van der Waals surface area contributed by atoms with Gasteiger partial charge in [0.15, 0.2) is 6.04 Å². The van der Waals surface area contributed by atoms with Gasteiger partial charge in [-0.1, -0.05) is 43.9 Å². The Balaban J connectivity index is 1.82. The molecule has 3 N–H and O–H groups in total. The monoisotopic (exact) mass is 360 g/mol. The fraction of sp³-hybridized carbons (Fsp3) is 0.550. The SMILES string of the molecule is Cc1ccc(C(NC(=O)CNC(=O)CCC2CCCC2)C(=O)O)cc1C. The van der Waals surface area contributed by atoms with Crippen LogP contribution in [-0.4, -0.2) is 29.4 Å². The van der Waals surface area contributed by atoms with Gasteiger partial charge in [-0.25, -0.2) is 4.79 Å². The molecule has 1 unspecified atom stereocenters. The molecule has 0 aromatic heterocycles. The van der Waals surface area contributed by atoms with Gasteiger partial charge in [0.2, 0.25) is 11.8 Å². The first-order valence-electron chi connectivity index (χ1n) is 9.23. The third-order valence-electron chi connectivity index (χ3n) is 5.12. The highest BCUT2D eigenvalue weighted by Crippen LogP contribution is 2.28. The fourth-order valence-corrected chi connectivity index (χ4v) is 3.35. The van der Waals surface area contributed by atoms with Gasteiger partial charge in [0.1, 0.15) is 0 Å². The Labute approximate surface area is 154 Å². The number of aryl methyl sites for hydroxylation is 2. The summed E-state index contributed by atoms with van der Waals surface area (Å²) < 4.78 is 0. The van der Waals surface area contributed by atoms with Crippen molar-refractivity contribution in [1.29, 1.82) is 0 Å². The first-order chi connectivity index (χ1) is 12.4. The van der Waals surface area contributed by atoms with E-state index in [0.29, 0.717) is 17.9 Å². The number of amides is 2. The highest BCUT2D eigenvalue weighted by atomic mass is 16.4. The van der Waals surface area contributed by atoms with Crippen molar-refractivity contribution in [1.82, 2.24) is 10.6 Å². The molecular formula is C20H28N2O4. The van der Waals surface area contributed by atoms with Crippen molar-refractivity contribution < 1.29 is 19.5 Å². The number of hydrogen-bond acceptors (Lipinski definition) is 3. The molecule has 0 aliphatic heterocycles. The lowest BCUT2D eigenvalue weighted by molar-refractivity contribution is -0.141. The smallest absolute Gasteiger partial charge is 0.330 e. The number of rotatable bonds is 8. The third kappa shape index (κ3) is 5.86. The van der Waals surface area contributed by atoms with Crippen molar-refractivity contribution in [2.24, 2.45) is 5.92 Å². The molecule has 6 nitrogen and oxygen atoms in total. The normalized spacial score (nSPS) is 15.5. The van der Waals surface area contributed by atoms with Gasteiger partial charge >= 0.3 is 5.97 Å². The van der Waals surface area contributed by atoms with Crippen LogP contribution in [0.25, 0.3) is 0 Å². The Hall–Kier alpha value is -2.37. The summed E-state index contributed by atoms with van der Waals surface area (Å²) in [7, 11) is 0. The van der Waals surface area contributed by atoms with Crippen molar-refractivity contribution in [2.75, 3.05) is 6.54 Å². The first kappa shape index (κ1) is 19.9. The Morgan fingerprint density at radius 3 is 2.42 bits per heavy atom. The van der Waals surface area contributed by atoms with Crippen molar-refractivity contribution in [3.05, 3.63) is 34.9 Å². The topological polar surface area (TPSA) is 95.5 Å². The summed E-state index contributed by atoms with van der Waals surface area (Å²) in [6, 6.07) is 4.16. The zero-order valence-corrected chi connectivity index (χ0v) is 15.5.